The molecule has 0 unspecified atom stereocenters. The van der Waals surface area contributed by atoms with Gasteiger partial charge in [0, 0.05) is 38.0 Å². The van der Waals surface area contributed by atoms with Crippen molar-refractivity contribution in [1.29, 1.82) is 0 Å². The molecule has 2 fully saturated rings. The van der Waals surface area contributed by atoms with Crippen LogP contribution in [0.15, 0.2) is 0 Å². The Morgan fingerprint density at radius 1 is 1.10 bits per heavy atom. The highest BCUT2D eigenvalue weighted by Gasteiger charge is 2.36. The molecule has 2 N–H and O–H groups in total. The van der Waals surface area contributed by atoms with Crippen LogP contribution < -0.4 is 5.73 Å². The first-order valence-electron chi connectivity index (χ1n) is 7.82. The number of nitrogens with two attached hydrogens (primary N) is 1. The van der Waals surface area contributed by atoms with E-state index in [2.05, 4.69) is 0 Å². The summed E-state index contributed by atoms with van der Waals surface area (Å²) in [6.45, 7) is 7.14. The van der Waals surface area contributed by atoms with E-state index >= 15 is 0 Å². The monoisotopic (exact) mass is 281 g/mol. The zero-order chi connectivity index (χ0) is 14.7. The molecule has 2 aliphatic rings. The molecule has 1 aliphatic heterocycles. The first kappa shape index (κ1) is 15.3. The zero-order valence-corrected chi connectivity index (χ0v) is 12.7. The first-order valence-corrected chi connectivity index (χ1v) is 7.82. The summed E-state index contributed by atoms with van der Waals surface area (Å²) in [5, 5.41) is 0. The van der Waals surface area contributed by atoms with E-state index in [1.165, 1.54) is 0 Å². The first-order chi connectivity index (χ1) is 9.54. The fourth-order valence-corrected chi connectivity index (χ4v) is 3.39. The van der Waals surface area contributed by atoms with Gasteiger partial charge in [0.2, 0.25) is 11.8 Å². The highest BCUT2D eigenvalue weighted by molar-refractivity contribution is 5.81. The van der Waals surface area contributed by atoms with Gasteiger partial charge in [0.05, 0.1) is 0 Å². The van der Waals surface area contributed by atoms with Gasteiger partial charge >= 0.3 is 0 Å². The number of hydrogen-bond acceptors (Lipinski definition) is 3. The van der Waals surface area contributed by atoms with Gasteiger partial charge in [-0.25, -0.2) is 0 Å². The predicted octanol–water partition coefficient (Wildman–Crippen LogP) is 0.688. The molecule has 5 heteroatoms. The SMILES string of the molecule is CC(C)C(=O)N1CCN(C(=O)[C@@H]2CCC[C@@H]2CN)CC1. The van der Waals surface area contributed by atoms with E-state index in [4.69, 9.17) is 5.73 Å². The Morgan fingerprint density at radius 2 is 1.70 bits per heavy atom. The summed E-state index contributed by atoms with van der Waals surface area (Å²) in [6, 6.07) is 0. The van der Waals surface area contributed by atoms with E-state index in [0.29, 0.717) is 38.6 Å². The summed E-state index contributed by atoms with van der Waals surface area (Å²) in [5.41, 5.74) is 5.76. The molecule has 1 aliphatic carbocycles. The van der Waals surface area contributed by atoms with Gasteiger partial charge in [0.1, 0.15) is 0 Å². The summed E-state index contributed by atoms with van der Waals surface area (Å²) in [4.78, 5) is 28.3. The summed E-state index contributed by atoms with van der Waals surface area (Å²) in [7, 11) is 0. The Balaban J connectivity index is 1.87. The molecule has 1 saturated carbocycles. The second-order valence-electron chi connectivity index (χ2n) is 6.34. The van der Waals surface area contributed by atoms with Gasteiger partial charge in [0.25, 0.3) is 0 Å². The maximum absolute atomic E-state index is 12.5. The fourth-order valence-electron chi connectivity index (χ4n) is 3.39. The van der Waals surface area contributed by atoms with E-state index in [9.17, 15) is 9.59 Å². The number of carbonyl (C=O) groups excluding carboxylic acids is 2. The third-order valence-electron chi connectivity index (χ3n) is 4.68. The Labute approximate surface area is 121 Å². The van der Waals surface area contributed by atoms with Crippen molar-refractivity contribution in [3.8, 4) is 0 Å². The molecule has 0 radical (unpaired) electrons. The molecule has 5 nitrogen and oxygen atoms in total. The van der Waals surface area contributed by atoms with Crippen molar-refractivity contribution in [2.75, 3.05) is 32.7 Å². The lowest BCUT2D eigenvalue weighted by Crippen LogP contribution is -2.53. The maximum atomic E-state index is 12.5. The third-order valence-corrected chi connectivity index (χ3v) is 4.68. The average molecular weight is 281 g/mol. The van der Waals surface area contributed by atoms with E-state index in [0.717, 1.165) is 19.3 Å². The summed E-state index contributed by atoms with van der Waals surface area (Å²) in [5.74, 6) is 0.964. The minimum absolute atomic E-state index is 0.0358. The minimum Gasteiger partial charge on any atom is -0.339 e. The second kappa shape index (κ2) is 6.57. The maximum Gasteiger partial charge on any atom is 0.226 e. The molecule has 0 aromatic rings. The molecule has 0 spiro atoms. The number of piperazine rings is 1. The lowest BCUT2D eigenvalue weighted by molar-refractivity contribution is -0.144. The van der Waals surface area contributed by atoms with E-state index in [1.807, 2.05) is 23.6 Å². The Kier molecular flexibility index (Phi) is 5.02. The lowest BCUT2D eigenvalue weighted by atomic mass is 9.94. The molecule has 114 valence electrons. The largest absolute Gasteiger partial charge is 0.339 e. The van der Waals surface area contributed by atoms with Gasteiger partial charge in [0.15, 0.2) is 0 Å². The normalized spacial score (nSPS) is 27.2. The Bertz CT molecular complexity index is 362. The van der Waals surface area contributed by atoms with E-state index in [1.54, 1.807) is 0 Å². The molecule has 1 saturated heterocycles. The summed E-state index contributed by atoms with van der Waals surface area (Å²) in [6.07, 6.45) is 3.18. The van der Waals surface area contributed by atoms with E-state index in [-0.39, 0.29) is 23.7 Å². The van der Waals surface area contributed by atoms with Crippen LogP contribution in [0.3, 0.4) is 0 Å². The van der Waals surface area contributed by atoms with Crippen LogP contribution in [0.5, 0.6) is 0 Å². The van der Waals surface area contributed by atoms with Crippen molar-refractivity contribution in [1.82, 2.24) is 9.80 Å². The molecule has 0 aromatic heterocycles. The molecule has 2 atom stereocenters. The summed E-state index contributed by atoms with van der Waals surface area (Å²) < 4.78 is 0. The van der Waals surface area contributed by atoms with E-state index < -0.39 is 0 Å². The van der Waals surface area contributed by atoms with Crippen LogP contribution in [-0.4, -0.2) is 54.3 Å². The number of hydrogen-bond donors (Lipinski definition) is 1. The topological polar surface area (TPSA) is 66.6 Å². The smallest absolute Gasteiger partial charge is 0.226 e. The molecule has 0 aromatic carbocycles. The summed E-state index contributed by atoms with van der Waals surface area (Å²) >= 11 is 0. The fraction of sp³-hybridized carbons (Fsp3) is 0.867. The third kappa shape index (κ3) is 3.14. The van der Waals surface area contributed by atoms with Crippen molar-refractivity contribution < 1.29 is 9.59 Å². The Morgan fingerprint density at radius 3 is 2.25 bits per heavy atom. The van der Waals surface area contributed by atoms with Crippen LogP contribution in [0.4, 0.5) is 0 Å². The molecule has 2 amide bonds. The van der Waals surface area contributed by atoms with Crippen LogP contribution in [0.2, 0.25) is 0 Å². The predicted molar refractivity (Wildman–Crippen MR) is 77.9 cm³/mol. The minimum atomic E-state index is 0.0358. The molecule has 20 heavy (non-hydrogen) atoms. The average Bonchev–Trinajstić information content (AvgIpc) is 2.94. The molecule has 1 heterocycles. The molecule has 2 rings (SSSR count). The standard InChI is InChI=1S/C15H27N3O2/c1-11(2)14(19)17-6-8-18(9-7-17)15(20)13-5-3-4-12(13)10-16/h11-13H,3-10,16H2,1-2H3/t12-,13-/m1/s1. The zero-order valence-electron chi connectivity index (χ0n) is 12.7. The number of carbonyl (C=O) groups is 2. The van der Waals surface area contributed by atoms with Gasteiger partial charge in [-0.1, -0.05) is 20.3 Å². The van der Waals surface area contributed by atoms with Crippen molar-refractivity contribution >= 4 is 11.8 Å². The quantitative estimate of drug-likeness (QED) is 0.827. The molecular formula is C15H27N3O2. The van der Waals surface area contributed by atoms with Crippen molar-refractivity contribution in [3.63, 3.8) is 0 Å². The van der Waals surface area contributed by atoms with Crippen molar-refractivity contribution in [2.24, 2.45) is 23.5 Å². The second-order valence-corrected chi connectivity index (χ2v) is 6.34. The number of rotatable bonds is 3. The highest BCUT2D eigenvalue weighted by Crippen LogP contribution is 2.32. The van der Waals surface area contributed by atoms with Crippen LogP contribution in [0.1, 0.15) is 33.1 Å². The van der Waals surface area contributed by atoms with Gasteiger partial charge in [-0.05, 0) is 25.3 Å². The number of amides is 2. The van der Waals surface area contributed by atoms with Crippen LogP contribution in [0, 0.1) is 17.8 Å². The van der Waals surface area contributed by atoms with Gasteiger partial charge in [-0.15, -0.1) is 0 Å². The van der Waals surface area contributed by atoms with Gasteiger partial charge in [-0.3, -0.25) is 9.59 Å². The van der Waals surface area contributed by atoms with Crippen LogP contribution in [0.25, 0.3) is 0 Å². The van der Waals surface area contributed by atoms with Gasteiger partial charge in [-0.2, -0.15) is 0 Å². The number of nitrogens with zero attached hydrogens (tertiary/aromatic N) is 2. The highest BCUT2D eigenvalue weighted by atomic mass is 16.2. The molecule has 0 bridgehead atoms. The van der Waals surface area contributed by atoms with Gasteiger partial charge < -0.3 is 15.5 Å². The van der Waals surface area contributed by atoms with Crippen molar-refractivity contribution in [2.45, 2.75) is 33.1 Å². The van der Waals surface area contributed by atoms with Crippen molar-refractivity contribution in [3.05, 3.63) is 0 Å². The van der Waals surface area contributed by atoms with Crippen LogP contribution >= 0.6 is 0 Å². The Hall–Kier alpha value is -1.10. The lowest BCUT2D eigenvalue weighted by Gasteiger charge is -2.37. The molecular weight excluding hydrogens is 254 g/mol. The van der Waals surface area contributed by atoms with Crippen LogP contribution in [-0.2, 0) is 9.59 Å².